The Balaban J connectivity index is 1.29. The Kier molecular flexibility index (Phi) is 4.04. The highest BCUT2D eigenvalue weighted by Gasteiger charge is 2.55. The molecule has 1 atom stereocenters. The van der Waals surface area contributed by atoms with Crippen molar-refractivity contribution < 1.29 is 18.7 Å². The van der Waals surface area contributed by atoms with Crippen LogP contribution in [0.3, 0.4) is 0 Å². The Labute approximate surface area is 141 Å². The predicted molar refractivity (Wildman–Crippen MR) is 85.0 cm³/mol. The van der Waals surface area contributed by atoms with E-state index in [1.54, 1.807) is 17.3 Å². The van der Waals surface area contributed by atoms with E-state index in [9.17, 15) is 9.18 Å². The SMILES string of the molecule is O=C(N1CC2(C[C@@H](OCc3cccnc3)CCO2)C1)C1(F)CCC1. The number of ether oxygens (including phenoxy) is 2. The summed E-state index contributed by atoms with van der Waals surface area (Å²) in [5.41, 5.74) is -0.895. The van der Waals surface area contributed by atoms with Gasteiger partial charge in [-0.15, -0.1) is 0 Å². The molecule has 2 aliphatic heterocycles. The van der Waals surface area contributed by atoms with Gasteiger partial charge in [-0.2, -0.15) is 0 Å². The van der Waals surface area contributed by atoms with Gasteiger partial charge in [0.05, 0.1) is 25.8 Å². The van der Waals surface area contributed by atoms with Crippen LogP contribution in [-0.2, 0) is 20.9 Å². The van der Waals surface area contributed by atoms with Gasteiger partial charge in [0, 0.05) is 25.4 Å². The van der Waals surface area contributed by atoms with Crippen molar-refractivity contribution in [1.29, 1.82) is 0 Å². The number of carbonyl (C=O) groups excluding carboxylic acids is 1. The maximum Gasteiger partial charge on any atom is 0.260 e. The summed E-state index contributed by atoms with van der Waals surface area (Å²) < 4.78 is 26.2. The molecule has 1 aliphatic carbocycles. The number of rotatable bonds is 4. The van der Waals surface area contributed by atoms with Gasteiger partial charge in [-0.3, -0.25) is 9.78 Å². The Morgan fingerprint density at radius 1 is 1.46 bits per heavy atom. The average Bonchev–Trinajstić information content (AvgIpc) is 2.56. The number of aromatic nitrogens is 1. The van der Waals surface area contributed by atoms with Crippen molar-refractivity contribution >= 4 is 5.91 Å². The second-order valence-electron chi connectivity index (χ2n) is 7.30. The number of likely N-dealkylation sites (tertiary alicyclic amines) is 1. The minimum atomic E-state index is -1.60. The van der Waals surface area contributed by atoms with Crippen LogP contribution < -0.4 is 0 Å². The van der Waals surface area contributed by atoms with Crippen LogP contribution >= 0.6 is 0 Å². The molecule has 1 spiro atoms. The number of halogens is 1. The number of hydrogen-bond acceptors (Lipinski definition) is 4. The molecule has 0 aromatic carbocycles. The second kappa shape index (κ2) is 6.08. The molecular weight excluding hydrogens is 311 g/mol. The highest BCUT2D eigenvalue weighted by Crippen LogP contribution is 2.42. The van der Waals surface area contributed by atoms with Gasteiger partial charge >= 0.3 is 0 Å². The summed E-state index contributed by atoms with van der Waals surface area (Å²) in [5.74, 6) is -0.346. The number of pyridine rings is 1. The lowest BCUT2D eigenvalue weighted by molar-refractivity contribution is -0.210. The lowest BCUT2D eigenvalue weighted by Crippen LogP contribution is -2.70. The molecule has 130 valence electrons. The van der Waals surface area contributed by atoms with Crippen LogP contribution in [0.1, 0.15) is 37.7 Å². The van der Waals surface area contributed by atoms with Crippen molar-refractivity contribution in [2.45, 2.75) is 56.1 Å². The van der Waals surface area contributed by atoms with E-state index in [1.807, 2.05) is 12.1 Å². The maximum atomic E-state index is 14.2. The van der Waals surface area contributed by atoms with E-state index in [2.05, 4.69) is 4.98 Å². The molecule has 5 nitrogen and oxygen atoms in total. The van der Waals surface area contributed by atoms with Gasteiger partial charge in [-0.1, -0.05) is 6.07 Å². The van der Waals surface area contributed by atoms with Gasteiger partial charge in [0.1, 0.15) is 5.60 Å². The van der Waals surface area contributed by atoms with E-state index < -0.39 is 5.67 Å². The predicted octanol–water partition coefficient (Wildman–Crippen LogP) is 2.25. The lowest BCUT2D eigenvalue weighted by Gasteiger charge is -2.54. The summed E-state index contributed by atoms with van der Waals surface area (Å²) in [7, 11) is 0. The van der Waals surface area contributed by atoms with E-state index in [0.29, 0.717) is 39.1 Å². The molecule has 24 heavy (non-hydrogen) atoms. The first-order chi connectivity index (χ1) is 11.6. The third kappa shape index (κ3) is 2.93. The quantitative estimate of drug-likeness (QED) is 0.847. The Morgan fingerprint density at radius 2 is 2.29 bits per heavy atom. The molecule has 1 aromatic heterocycles. The molecule has 1 saturated carbocycles. The van der Waals surface area contributed by atoms with Crippen LogP contribution in [0.5, 0.6) is 0 Å². The summed E-state index contributed by atoms with van der Waals surface area (Å²) in [6.45, 7) is 2.14. The van der Waals surface area contributed by atoms with E-state index in [-0.39, 0.29) is 17.6 Å². The third-order valence-electron chi connectivity index (χ3n) is 5.43. The van der Waals surface area contributed by atoms with E-state index in [4.69, 9.17) is 9.47 Å². The summed E-state index contributed by atoms with van der Waals surface area (Å²) in [6, 6.07) is 3.89. The van der Waals surface area contributed by atoms with Gasteiger partial charge in [0.15, 0.2) is 5.67 Å². The zero-order chi connectivity index (χ0) is 16.6. The van der Waals surface area contributed by atoms with Gasteiger partial charge in [0.25, 0.3) is 5.91 Å². The molecule has 2 saturated heterocycles. The molecule has 6 heteroatoms. The van der Waals surface area contributed by atoms with Crippen molar-refractivity contribution in [2.75, 3.05) is 19.7 Å². The first-order valence-electron chi connectivity index (χ1n) is 8.71. The number of alkyl halides is 1. The van der Waals surface area contributed by atoms with E-state index in [0.717, 1.165) is 24.8 Å². The van der Waals surface area contributed by atoms with Crippen LogP contribution in [0.25, 0.3) is 0 Å². The van der Waals surface area contributed by atoms with E-state index in [1.165, 1.54) is 0 Å². The third-order valence-corrected chi connectivity index (χ3v) is 5.43. The minimum Gasteiger partial charge on any atom is -0.373 e. The van der Waals surface area contributed by atoms with Crippen LogP contribution in [0, 0.1) is 0 Å². The maximum absolute atomic E-state index is 14.2. The minimum absolute atomic E-state index is 0.110. The molecular formula is C18H23FN2O3. The first kappa shape index (κ1) is 16.0. The molecule has 4 rings (SSSR count). The summed E-state index contributed by atoms with van der Waals surface area (Å²) in [5, 5.41) is 0. The zero-order valence-corrected chi connectivity index (χ0v) is 13.7. The van der Waals surface area contributed by atoms with E-state index >= 15 is 0 Å². The molecule has 3 fully saturated rings. The Bertz CT molecular complexity index is 600. The summed E-state index contributed by atoms with van der Waals surface area (Å²) in [6.07, 6.45) is 6.81. The largest absolute Gasteiger partial charge is 0.373 e. The highest BCUT2D eigenvalue weighted by atomic mass is 19.1. The van der Waals surface area contributed by atoms with Crippen LogP contribution in [0.15, 0.2) is 24.5 Å². The van der Waals surface area contributed by atoms with Gasteiger partial charge in [-0.05, 0) is 37.3 Å². The number of hydrogen-bond donors (Lipinski definition) is 0. The zero-order valence-electron chi connectivity index (χ0n) is 13.7. The normalized spacial score (nSPS) is 27.4. The van der Waals surface area contributed by atoms with Crippen LogP contribution in [0.4, 0.5) is 4.39 Å². The molecule has 0 N–H and O–H groups in total. The monoisotopic (exact) mass is 334 g/mol. The molecule has 3 heterocycles. The number of carbonyl (C=O) groups is 1. The fraction of sp³-hybridized carbons (Fsp3) is 0.667. The summed E-state index contributed by atoms with van der Waals surface area (Å²) >= 11 is 0. The fourth-order valence-electron chi connectivity index (χ4n) is 3.82. The van der Waals surface area contributed by atoms with Crippen molar-refractivity contribution in [2.24, 2.45) is 0 Å². The van der Waals surface area contributed by atoms with Gasteiger partial charge in [-0.25, -0.2) is 4.39 Å². The highest BCUT2D eigenvalue weighted by molar-refractivity contribution is 5.87. The van der Waals surface area contributed by atoms with Gasteiger partial charge in [0.2, 0.25) is 0 Å². The molecule has 0 bridgehead atoms. The van der Waals surface area contributed by atoms with Crippen molar-refractivity contribution in [1.82, 2.24) is 9.88 Å². The Hall–Kier alpha value is -1.53. The first-order valence-corrected chi connectivity index (χ1v) is 8.71. The number of nitrogens with zero attached hydrogens (tertiary/aromatic N) is 2. The lowest BCUT2D eigenvalue weighted by atomic mass is 9.78. The molecule has 3 aliphatic rings. The molecule has 0 unspecified atom stereocenters. The summed E-state index contributed by atoms with van der Waals surface area (Å²) in [4.78, 5) is 17.9. The molecule has 0 radical (unpaired) electrons. The standard InChI is InChI=1S/C18H23FN2O3/c19-18(5-2-6-18)16(22)21-12-17(13-21)9-15(4-8-24-17)23-11-14-3-1-7-20-10-14/h1,3,7,10,15H,2,4-6,8-9,11-13H2/t15-/m0/s1. The topological polar surface area (TPSA) is 51.7 Å². The van der Waals surface area contributed by atoms with Gasteiger partial charge < -0.3 is 14.4 Å². The van der Waals surface area contributed by atoms with Crippen molar-refractivity contribution in [3.05, 3.63) is 30.1 Å². The van der Waals surface area contributed by atoms with Crippen LogP contribution in [-0.4, -0.2) is 52.9 Å². The Morgan fingerprint density at radius 3 is 2.96 bits per heavy atom. The smallest absolute Gasteiger partial charge is 0.260 e. The average molecular weight is 334 g/mol. The van der Waals surface area contributed by atoms with Crippen LogP contribution in [0.2, 0.25) is 0 Å². The van der Waals surface area contributed by atoms with Crippen molar-refractivity contribution in [3.8, 4) is 0 Å². The second-order valence-corrected chi connectivity index (χ2v) is 7.30. The molecule has 1 aromatic rings. The number of amides is 1. The fourth-order valence-corrected chi connectivity index (χ4v) is 3.82. The van der Waals surface area contributed by atoms with Crippen molar-refractivity contribution in [3.63, 3.8) is 0 Å². The molecule has 1 amide bonds.